The van der Waals surface area contributed by atoms with E-state index in [1.165, 1.54) is 11.3 Å². The second kappa shape index (κ2) is 6.76. The summed E-state index contributed by atoms with van der Waals surface area (Å²) in [5.41, 5.74) is 1.04. The molecule has 21 heavy (non-hydrogen) atoms. The Morgan fingerprint density at radius 2 is 1.67 bits per heavy atom. The summed E-state index contributed by atoms with van der Waals surface area (Å²) in [7, 11) is 0. The summed E-state index contributed by atoms with van der Waals surface area (Å²) in [4.78, 5) is 4.32. The van der Waals surface area contributed by atoms with Gasteiger partial charge in [0.1, 0.15) is 12.4 Å². The van der Waals surface area contributed by atoms with Crippen LogP contribution in [0, 0.1) is 0 Å². The quantitative estimate of drug-likeness (QED) is 0.671. The molecule has 4 nitrogen and oxygen atoms in total. The standard InChI is InChI=1S/C16H13N3OS/c1-3-7-13(8-4-1)11-17-16-19-18-15(21-16)12-20-14-9-5-2-6-10-14/h1-11H,12H2. The van der Waals surface area contributed by atoms with E-state index in [4.69, 9.17) is 4.74 Å². The molecule has 1 heterocycles. The van der Waals surface area contributed by atoms with E-state index in [0.717, 1.165) is 16.3 Å². The van der Waals surface area contributed by atoms with Crippen LogP contribution in [0.3, 0.4) is 0 Å². The third-order valence-corrected chi connectivity index (χ3v) is 3.49. The highest BCUT2D eigenvalue weighted by molar-refractivity contribution is 7.14. The Kier molecular flexibility index (Phi) is 4.33. The van der Waals surface area contributed by atoms with Gasteiger partial charge in [-0.3, -0.25) is 0 Å². The Morgan fingerprint density at radius 1 is 0.952 bits per heavy atom. The maximum absolute atomic E-state index is 5.62. The summed E-state index contributed by atoms with van der Waals surface area (Å²) < 4.78 is 5.62. The maximum atomic E-state index is 5.62. The SMILES string of the molecule is C(=Nc1nnc(COc2ccccc2)s1)c1ccccc1. The minimum Gasteiger partial charge on any atom is -0.486 e. The first-order chi connectivity index (χ1) is 10.4. The number of aromatic nitrogens is 2. The first kappa shape index (κ1) is 13.5. The van der Waals surface area contributed by atoms with Gasteiger partial charge in [0.15, 0.2) is 5.01 Å². The molecule has 3 rings (SSSR count). The van der Waals surface area contributed by atoms with Crippen molar-refractivity contribution >= 4 is 22.7 Å². The predicted octanol–water partition coefficient (Wildman–Crippen LogP) is 3.87. The van der Waals surface area contributed by atoms with Gasteiger partial charge in [-0.05, 0) is 17.7 Å². The summed E-state index contributed by atoms with van der Waals surface area (Å²) in [6.45, 7) is 0.405. The van der Waals surface area contributed by atoms with Crippen molar-refractivity contribution in [1.29, 1.82) is 0 Å². The lowest BCUT2D eigenvalue weighted by atomic mass is 10.2. The highest BCUT2D eigenvalue weighted by Gasteiger charge is 2.03. The van der Waals surface area contributed by atoms with E-state index in [1.807, 2.05) is 60.7 Å². The fourth-order valence-corrected chi connectivity index (χ4v) is 2.28. The molecule has 5 heteroatoms. The molecule has 0 radical (unpaired) electrons. The molecule has 1 aromatic heterocycles. The van der Waals surface area contributed by atoms with Crippen molar-refractivity contribution in [3.63, 3.8) is 0 Å². The highest BCUT2D eigenvalue weighted by atomic mass is 32.1. The molecule has 0 unspecified atom stereocenters. The van der Waals surface area contributed by atoms with E-state index in [1.54, 1.807) is 6.21 Å². The Bertz CT molecular complexity index is 711. The fourth-order valence-electron chi connectivity index (χ4n) is 1.69. The van der Waals surface area contributed by atoms with Crippen molar-refractivity contribution < 1.29 is 4.74 Å². The van der Waals surface area contributed by atoms with Crippen LogP contribution in [-0.4, -0.2) is 16.4 Å². The van der Waals surface area contributed by atoms with E-state index in [9.17, 15) is 0 Å². The van der Waals surface area contributed by atoms with Gasteiger partial charge in [-0.2, -0.15) is 0 Å². The number of ether oxygens (including phenoxy) is 1. The van der Waals surface area contributed by atoms with Gasteiger partial charge in [0.2, 0.25) is 5.13 Å². The Morgan fingerprint density at radius 3 is 2.43 bits per heavy atom. The van der Waals surface area contributed by atoms with Crippen LogP contribution in [0.5, 0.6) is 5.75 Å². The van der Waals surface area contributed by atoms with Crippen LogP contribution < -0.4 is 4.74 Å². The maximum Gasteiger partial charge on any atom is 0.231 e. The largest absolute Gasteiger partial charge is 0.486 e. The summed E-state index contributed by atoms with van der Waals surface area (Å²) in [6.07, 6.45) is 1.78. The van der Waals surface area contributed by atoms with E-state index in [2.05, 4.69) is 15.2 Å². The number of benzene rings is 2. The number of hydrogen-bond donors (Lipinski definition) is 0. The van der Waals surface area contributed by atoms with E-state index < -0.39 is 0 Å². The van der Waals surface area contributed by atoms with E-state index in [-0.39, 0.29) is 0 Å². The monoisotopic (exact) mass is 295 g/mol. The summed E-state index contributed by atoms with van der Waals surface area (Å²) >= 11 is 1.43. The lowest BCUT2D eigenvalue weighted by Gasteiger charge is -2.01. The molecule has 0 aliphatic carbocycles. The zero-order chi connectivity index (χ0) is 14.3. The molecule has 0 fully saturated rings. The normalized spacial score (nSPS) is 10.9. The predicted molar refractivity (Wildman–Crippen MR) is 84.4 cm³/mol. The zero-order valence-electron chi connectivity index (χ0n) is 11.2. The number of aliphatic imine (C=N–C) groups is 1. The molecule has 2 aromatic carbocycles. The van der Waals surface area contributed by atoms with Crippen LogP contribution in [0.25, 0.3) is 0 Å². The third kappa shape index (κ3) is 3.97. The van der Waals surface area contributed by atoms with Gasteiger partial charge in [-0.1, -0.05) is 59.9 Å². The summed E-state index contributed by atoms with van der Waals surface area (Å²) in [6, 6.07) is 19.5. The van der Waals surface area contributed by atoms with Gasteiger partial charge in [0.05, 0.1) is 0 Å². The number of nitrogens with zero attached hydrogens (tertiary/aromatic N) is 3. The lowest BCUT2D eigenvalue weighted by Crippen LogP contribution is -1.94. The molecule has 3 aromatic rings. The molecular formula is C16H13N3OS. The van der Waals surface area contributed by atoms with Crippen molar-refractivity contribution in [2.24, 2.45) is 4.99 Å². The topological polar surface area (TPSA) is 47.4 Å². The first-order valence-electron chi connectivity index (χ1n) is 6.49. The van der Waals surface area contributed by atoms with Gasteiger partial charge >= 0.3 is 0 Å². The molecule has 104 valence electrons. The van der Waals surface area contributed by atoms with Crippen molar-refractivity contribution in [1.82, 2.24) is 10.2 Å². The molecule has 0 aliphatic rings. The molecule has 0 saturated carbocycles. The minimum absolute atomic E-state index is 0.405. The lowest BCUT2D eigenvalue weighted by molar-refractivity contribution is 0.304. The van der Waals surface area contributed by atoms with Gasteiger partial charge < -0.3 is 4.74 Å². The summed E-state index contributed by atoms with van der Waals surface area (Å²) in [5, 5.41) is 9.54. The number of hydrogen-bond acceptors (Lipinski definition) is 5. The van der Waals surface area contributed by atoms with Crippen LogP contribution in [0.2, 0.25) is 0 Å². The second-order valence-electron chi connectivity index (χ2n) is 4.25. The minimum atomic E-state index is 0.405. The third-order valence-electron chi connectivity index (χ3n) is 2.69. The first-order valence-corrected chi connectivity index (χ1v) is 7.31. The smallest absolute Gasteiger partial charge is 0.231 e. The molecule has 0 spiro atoms. The average Bonchev–Trinajstić information content (AvgIpc) is 3.01. The van der Waals surface area contributed by atoms with Crippen LogP contribution in [-0.2, 0) is 6.61 Å². The summed E-state index contributed by atoms with van der Waals surface area (Å²) in [5.74, 6) is 0.821. The second-order valence-corrected chi connectivity index (χ2v) is 5.29. The van der Waals surface area contributed by atoms with Gasteiger partial charge in [-0.25, -0.2) is 4.99 Å². The van der Waals surface area contributed by atoms with Crippen molar-refractivity contribution in [2.45, 2.75) is 6.61 Å². The molecule has 0 bridgehead atoms. The van der Waals surface area contributed by atoms with Gasteiger partial charge in [0, 0.05) is 6.21 Å². The number of rotatable bonds is 5. The highest BCUT2D eigenvalue weighted by Crippen LogP contribution is 2.20. The fraction of sp³-hybridized carbons (Fsp3) is 0.0625. The van der Waals surface area contributed by atoms with Crippen molar-refractivity contribution in [3.05, 3.63) is 71.2 Å². The zero-order valence-corrected chi connectivity index (χ0v) is 12.0. The molecule has 0 N–H and O–H groups in total. The van der Waals surface area contributed by atoms with Crippen molar-refractivity contribution in [3.8, 4) is 5.75 Å². The van der Waals surface area contributed by atoms with Crippen LogP contribution >= 0.6 is 11.3 Å². The molecular weight excluding hydrogens is 282 g/mol. The van der Waals surface area contributed by atoms with E-state index in [0.29, 0.717) is 11.7 Å². The van der Waals surface area contributed by atoms with Crippen molar-refractivity contribution in [2.75, 3.05) is 0 Å². The Hall–Kier alpha value is -2.53. The van der Waals surface area contributed by atoms with E-state index >= 15 is 0 Å². The molecule has 0 aliphatic heterocycles. The Labute approximate surface area is 126 Å². The molecule has 0 saturated heterocycles. The van der Waals surface area contributed by atoms with Gasteiger partial charge in [0.25, 0.3) is 0 Å². The van der Waals surface area contributed by atoms with Gasteiger partial charge in [-0.15, -0.1) is 10.2 Å². The van der Waals surface area contributed by atoms with Crippen LogP contribution in [0.1, 0.15) is 10.6 Å². The Balaban J connectivity index is 1.60. The average molecular weight is 295 g/mol. The molecule has 0 atom stereocenters. The number of para-hydroxylation sites is 1. The van der Waals surface area contributed by atoms with Crippen LogP contribution in [0.15, 0.2) is 65.7 Å². The molecule has 0 amide bonds. The van der Waals surface area contributed by atoms with Crippen LogP contribution in [0.4, 0.5) is 5.13 Å².